The molecule has 1 rings (SSSR count). The molecule has 6 heteroatoms. The molecule has 0 aliphatic rings. The van der Waals surface area contributed by atoms with Gasteiger partial charge in [0.1, 0.15) is 5.25 Å². The fraction of sp³-hybridized carbons (Fsp3) is 0.300. The molecule has 16 heavy (non-hydrogen) atoms. The minimum atomic E-state index is -0.343. The van der Waals surface area contributed by atoms with Crippen molar-refractivity contribution >= 4 is 33.6 Å². The highest BCUT2D eigenvalue weighted by atomic mass is 79.9. The number of amides is 1. The summed E-state index contributed by atoms with van der Waals surface area (Å²) in [6, 6.07) is 7.72. The summed E-state index contributed by atoms with van der Waals surface area (Å²) in [4.78, 5) is 12.4. The maximum atomic E-state index is 11.4. The van der Waals surface area contributed by atoms with Crippen molar-refractivity contribution in [2.45, 2.75) is 10.1 Å². The van der Waals surface area contributed by atoms with E-state index in [1.165, 1.54) is 11.8 Å². The molecule has 1 aromatic carbocycles. The Balaban J connectivity index is 2.71. The van der Waals surface area contributed by atoms with E-state index in [2.05, 4.69) is 21.4 Å². The number of thioether (sulfide) groups is 1. The van der Waals surface area contributed by atoms with E-state index in [4.69, 9.17) is 10.6 Å². The Hall–Kier alpha value is -0.560. The lowest BCUT2D eigenvalue weighted by molar-refractivity contribution is -0.121. The molecule has 0 spiro atoms. The lowest BCUT2D eigenvalue weighted by Gasteiger charge is -2.13. The van der Waals surface area contributed by atoms with Gasteiger partial charge >= 0.3 is 0 Å². The molecule has 3 N–H and O–H groups in total. The van der Waals surface area contributed by atoms with Gasteiger partial charge in [0.25, 0.3) is 0 Å². The van der Waals surface area contributed by atoms with Crippen LogP contribution in [0, 0.1) is 0 Å². The van der Waals surface area contributed by atoms with E-state index in [1.807, 2.05) is 24.3 Å². The van der Waals surface area contributed by atoms with Crippen LogP contribution in [0.25, 0.3) is 0 Å². The predicted octanol–water partition coefficient (Wildman–Crippen LogP) is 1.55. The van der Waals surface area contributed by atoms with Gasteiger partial charge in [-0.1, -0.05) is 22.0 Å². The fourth-order valence-electron chi connectivity index (χ4n) is 1.11. The molecule has 88 valence electrons. The third kappa shape index (κ3) is 4.13. The van der Waals surface area contributed by atoms with Gasteiger partial charge in [-0.3, -0.25) is 10.2 Å². The van der Waals surface area contributed by atoms with Crippen molar-refractivity contribution in [1.29, 1.82) is 0 Å². The molecule has 0 aromatic heterocycles. The molecule has 1 aromatic rings. The summed E-state index contributed by atoms with van der Waals surface area (Å²) in [5.74, 6) is 4.87. The quantitative estimate of drug-likeness (QED) is 0.375. The minimum absolute atomic E-state index is 0.244. The van der Waals surface area contributed by atoms with Crippen LogP contribution in [0.4, 0.5) is 0 Å². The number of carbonyl (C=O) groups excluding carboxylic acids is 1. The largest absolute Gasteiger partial charge is 0.383 e. The Labute approximate surface area is 107 Å². The van der Waals surface area contributed by atoms with Gasteiger partial charge in [-0.15, -0.1) is 11.8 Å². The van der Waals surface area contributed by atoms with Crippen molar-refractivity contribution in [3.05, 3.63) is 28.7 Å². The number of nitrogens with two attached hydrogens (primary N) is 1. The Bertz CT molecular complexity index is 362. The topological polar surface area (TPSA) is 64.3 Å². The summed E-state index contributed by atoms with van der Waals surface area (Å²) >= 11 is 4.79. The van der Waals surface area contributed by atoms with E-state index >= 15 is 0 Å². The van der Waals surface area contributed by atoms with Crippen molar-refractivity contribution in [2.75, 3.05) is 13.7 Å². The molecule has 0 saturated carbocycles. The first-order chi connectivity index (χ1) is 7.67. The molecule has 1 atom stereocenters. The van der Waals surface area contributed by atoms with Crippen LogP contribution in [-0.4, -0.2) is 24.9 Å². The van der Waals surface area contributed by atoms with Gasteiger partial charge in [0.2, 0.25) is 5.91 Å². The van der Waals surface area contributed by atoms with Crippen molar-refractivity contribution in [3.8, 4) is 0 Å². The molecule has 4 nitrogen and oxygen atoms in total. The molecule has 0 aliphatic heterocycles. The first-order valence-corrected chi connectivity index (χ1v) is 6.26. The van der Waals surface area contributed by atoms with E-state index < -0.39 is 0 Å². The maximum Gasteiger partial charge on any atom is 0.249 e. The number of carbonyl (C=O) groups is 1. The highest BCUT2D eigenvalue weighted by Gasteiger charge is 2.18. The smallest absolute Gasteiger partial charge is 0.249 e. The molecular formula is C10H13BrN2O2S. The molecule has 0 saturated heterocycles. The summed E-state index contributed by atoms with van der Waals surface area (Å²) < 4.78 is 5.95. The molecule has 0 bridgehead atoms. The molecular weight excluding hydrogens is 292 g/mol. The van der Waals surface area contributed by atoms with Crippen molar-refractivity contribution in [2.24, 2.45) is 5.84 Å². The number of halogens is 1. The first kappa shape index (κ1) is 13.5. The molecule has 1 amide bonds. The summed E-state index contributed by atoms with van der Waals surface area (Å²) in [5, 5.41) is -0.343. The number of hydrogen-bond donors (Lipinski definition) is 2. The van der Waals surface area contributed by atoms with Crippen LogP contribution in [0.15, 0.2) is 33.6 Å². The molecule has 0 heterocycles. The Morgan fingerprint density at radius 1 is 1.69 bits per heavy atom. The van der Waals surface area contributed by atoms with Crippen molar-refractivity contribution in [1.82, 2.24) is 5.43 Å². The highest BCUT2D eigenvalue weighted by molar-refractivity contribution is 9.10. The predicted molar refractivity (Wildman–Crippen MR) is 68.0 cm³/mol. The van der Waals surface area contributed by atoms with Crippen LogP contribution in [0.1, 0.15) is 0 Å². The Morgan fingerprint density at radius 2 is 2.44 bits per heavy atom. The van der Waals surface area contributed by atoms with Gasteiger partial charge in [-0.2, -0.15) is 0 Å². The average molecular weight is 305 g/mol. The zero-order chi connectivity index (χ0) is 12.0. The lowest BCUT2D eigenvalue weighted by atomic mass is 10.4. The van der Waals surface area contributed by atoms with Crippen LogP contribution in [0.2, 0.25) is 0 Å². The van der Waals surface area contributed by atoms with E-state index in [0.29, 0.717) is 6.61 Å². The number of ether oxygens (including phenoxy) is 1. The number of hydrogen-bond acceptors (Lipinski definition) is 4. The van der Waals surface area contributed by atoms with Crippen LogP contribution in [0.5, 0.6) is 0 Å². The second kappa shape index (κ2) is 6.90. The highest BCUT2D eigenvalue weighted by Crippen LogP contribution is 2.26. The molecule has 0 radical (unpaired) electrons. The summed E-state index contributed by atoms with van der Waals surface area (Å²) in [5.41, 5.74) is 2.13. The first-order valence-electron chi connectivity index (χ1n) is 4.59. The Kier molecular flexibility index (Phi) is 5.83. The monoisotopic (exact) mass is 304 g/mol. The number of methoxy groups -OCH3 is 1. The van der Waals surface area contributed by atoms with Crippen LogP contribution in [-0.2, 0) is 9.53 Å². The van der Waals surface area contributed by atoms with Crippen LogP contribution >= 0.6 is 27.7 Å². The summed E-state index contributed by atoms with van der Waals surface area (Å²) in [6.45, 7) is 0.320. The van der Waals surface area contributed by atoms with E-state index in [-0.39, 0.29) is 11.2 Å². The van der Waals surface area contributed by atoms with Gasteiger partial charge in [-0.25, -0.2) is 5.84 Å². The normalized spacial score (nSPS) is 12.2. The second-order valence-electron chi connectivity index (χ2n) is 3.03. The van der Waals surface area contributed by atoms with E-state index in [9.17, 15) is 4.79 Å². The summed E-state index contributed by atoms with van der Waals surface area (Å²) in [7, 11) is 1.55. The minimum Gasteiger partial charge on any atom is -0.383 e. The third-order valence-electron chi connectivity index (χ3n) is 1.83. The van der Waals surface area contributed by atoms with Gasteiger partial charge in [0, 0.05) is 16.5 Å². The molecule has 1 unspecified atom stereocenters. The number of nitrogens with one attached hydrogen (secondary N) is 1. The van der Waals surface area contributed by atoms with Gasteiger partial charge in [0.15, 0.2) is 0 Å². The zero-order valence-electron chi connectivity index (χ0n) is 8.77. The molecule has 0 fully saturated rings. The third-order valence-corrected chi connectivity index (χ3v) is 3.48. The number of hydrazine groups is 1. The van der Waals surface area contributed by atoms with Gasteiger partial charge in [-0.05, 0) is 18.2 Å². The van der Waals surface area contributed by atoms with Crippen molar-refractivity contribution < 1.29 is 9.53 Å². The zero-order valence-corrected chi connectivity index (χ0v) is 11.2. The van der Waals surface area contributed by atoms with E-state index in [0.717, 1.165) is 9.37 Å². The lowest BCUT2D eigenvalue weighted by Crippen LogP contribution is -2.39. The van der Waals surface area contributed by atoms with Crippen LogP contribution < -0.4 is 11.3 Å². The fourth-order valence-corrected chi connectivity index (χ4v) is 2.72. The average Bonchev–Trinajstić information content (AvgIpc) is 2.27. The van der Waals surface area contributed by atoms with Crippen molar-refractivity contribution in [3.63, 3.8) is 0 Å². The Morgan fingerprint density at radius 3 is 3.00 bits per heavy atom. The summed E-state index contributed by atoms with van der Waals surface area (Å²) in [6.07, 6.45) is 0. The number of benzene rings is 1. The maximum absolute atomic E-state index is 11.4. The molecule has 0 aliphatic carbocycles. The van der Waals surface area contributed by atoms with Gasteiger partial charge in [0.05, 0.1) is 6.61 Å². The van der Waals surface area contributed by atoms with Gasteiger partial charge < -0.3 is 4.74 Å². The van der Waals surface area contributed by atoms with E-state index in [1.54, 1.807) is 7.11 Å². The standard InChI is InChI=1S/C10H13BrN2O2S/c1-15-6-9(10(14)13-12)16-8-4-2-3-7(11)5-8/h2-5,9H,6,12H2,1H3,(H,13,14). The number of rotatable bonds is 5. The SMILES string of the molecule is COCC(Sc1cccc(Br)c1)C(=O)NN. The van der Waals surface area contributed by atoms with Crippen LogP contribution in [0.3, 0.4) is 0 Å². The second-order valence-corrected chi connectivity index (χ2v) is 5.22.